The molecular weight excluding hydrogens is 431 g/mol. The van der Waals surface area contributed by atoms with Crippen LogP contribution in [0.3, 0.4) is 0 Å². The predicted octanol–water partition coefficient (Wildman–Crippen LogP) is 7.07. The zero-order chi connectivity index (χ0) is 22.4. The lowest BCUT2D eigenvalue weighted by atomic mass is 10.0. The van der Waals surface area contributed by atoms with Crippen molar-refractivity contribution < 1.29 is 9.90 Å². The second-order valence-electron chi connectivity index (χ2n) is 7.28. The largest absolute Gasteiger partial charge is 0.478 e. The summed E-state index contributed by atoms with van der Waals surface area (Å²) in [5.41, 5.74) is 4.91. The number of aryl methyl sites for hydroxylation is 2. The number of aromatic carboxylic acids is 1. The third-order valence-corrected chi connectivity index (χ3v) is 6.02. The fourth-order valence-corrected chi connectivity index (χ4v) is 3.82. The van der Waals surface area contributed by atoms with Gasteiger partial charge in [0, 0.05) is 24.5 Å². The normalized spacial score (nSPS) is 10.7. The number of benzene rings is 3. The van der Waals surface area contributed by atoms with Crippen molar-refractivity contribution in [2.75, 3.05) is 23.3 Å². The predicted molar refractivity (Wildman–Crippen MR) is 131 cm³/mol. The third kappa shape index (κ3) is 5.93. The Morgan fingerprint density at radius 2 is 1.52 bits per heavy atom. The minimum absolute atomic E-state index is 0.257. The van der Waals surface area contributed by atoms with Gasteiger partial charge in [0.05, 0.1) is 21.3 Å². The summed E-state index contributed by atoms with van der Waals surface area (Å²) in [6.07, 6.45) is 1.73. The van der Waals surface area contributed by atoms with Gasteiger partial charge < -0.3 is 15.3 Å². The molecule has 31 heavy (non-hydrogen) atoms. The molecule has 0 heterocycles. The molecule has 3 rings (SSSR count). The molecule has 0 saturated heterocycles. The lowest BCUT2D eigenvalue weighted by Gasteiger charge is -2.22. The van der Waals surface area contributed by atoms with Gasteiger partial charge >= 0.3 is 5.97 Å². The summed E-state index contributed by atoms with van der Waals surface area (Å²) in [7, 11) is 0. The van der Waals surface area contributed by atoms with E-state index < -0.39 is 5.97 Å². The minimum atomic E-state index is -0.949. The quantitative estimate of drug-likeness (QED) is 0.361. The van der Waals surface area contributed by atoms with Crippen molar-refractivity contribution in [1.82, 2.24) is 0 Å². The molecule has 0 unspecified atom stereocenters. The molecule has 0 fully saturated rings. The smallest absolute Gasteiger partial charge is 0.337 e. The zero-order valence-corrected chi connectivity index (χ0v) is 19.2. The molecule has 2 N–H and O–H groups in total. The molecule has 0 aromatic heterocycles. The Labute approximate surface area is 193 Å². The van der Waals surface area contributed by atoms with Crippen LogP contribution >= 0.6 is 23.2 Å². The van der Waals surface area contributed by atoms with Crippen LogP contribution in [0, 0.1) is 0 Å². The average Bonchev–Trinajstić information content (AvgIpc) is 2.77. The molecule has 0 spiro atoms. The van der Waals surface area contributed by atoms with Crippen molar-refractivity contribution in [2.45, 2.75) is 26.7 Å². The van der Waals surface area contributed by atoms with E-state index in [4.69, 9.17) is 23.2 Å². The first-order valence-electron chi connectivity index (χ1n) is 10.3. The Balaban J connectivity index is 1.70. The molecule has 3 aromatic rings. The first kappa shape index (κ1) is 23.0. The van der Waals surface area contributed by atoms with Gasteiger partial charge in [-0.25, -0.2) is 4.79 Å². The highest BCUT2D eigenvalue weighted by atomic mass is 35.5. The van der Waals surface area contributed by atoms with Crippen LogP contribution < -0.4 is 10.2 Å². The van der Waals surface area contributed by atoms with E-state index in [1.54, 1.807) is 6.07 Å². The van der Waals surface area contributed by atoms with Crippen LogP contribution in [0.5, 0.6) is 0 Å². The van der Waals surface area contributed by atoms with Crippen LogP contribution in [0.2, 0.25) is 10.0 Å². The molecule has 0 atom stereocenters. The summed E-state index contributed by atoms with van der Waals surface area (Å²) in [4.78, 5) is 13.9. The lowest BCUT2D eigenvalue weighted by Crippen LogP contribution is -2.22. The molecule has 3 aromatic carbocycles. The van der Waals surface area contributed by atoms with Gasteiger partial charge in [0.2, 0.25) is 0 Å². The van der Waals surface area contributed by atoms with Gasteiger partial charge in [-0.3, -0.25) is 0 Å². The molecule has 162 valence electrons. The second-order valence-corrected chi connectivity index (χ2v) is 8.09. The van der Waals surface area contributed by atoms with Gasteiger partial charge in [0.25, 0.3) is 0 Å². The number of rotatable bonds is 9. The van der Waals surface area contributed by atoms with Crippen molar-refractivity contribution in [2.24, 2.45) is 0 Å². The molecule has 0 aliphatic carbocycles. The highest BCUT2D eigenvalue weighted by molar-refractivity contribution is 6.42. The Morgan fingerprint density at radius 3 is 2.13 bits per heavy atom. The molecule has 0 aliphatic heterocycles. The number of hydrogen-bond donors (Lipinski definition) is 2. The van der Waals surface area contributed by atoms with Crippen LogP contribution in [-0.4, -0.2) is 24.2 Å². The van der Waals surface area contributed by atoms with Gasteiger partial charge in [-0.2, -0.15) is 0 Å². The number of carboxylic acids is 1. The number of nitrogens with zero attached hydrogens (tertiary/aromatic N) is 1. The van der Waals surface area contributed by atoms with Gasteiger partial charge in [-0.15, -0.1) is 0 Å². The summed E-state index contributed by atoms with van der Waals surface area (Å²) in [6.45, 7) is 5.76. The summed E-state index contributed by atoms with van der Waals surface area (Å²) < 4.78 is 0. The highest BCUT2D eigenvalue weighted by Crippen LogP contribution is 2.27. The van der Waals surface area contributed by atoms with Crippen LogP contribution in [0.15, 0.2) is 60.7 Å². The Hall–Kier alpha value is -2.69. The second kappa shape index (κ2) is 10.6. The third-order valence-electron chi connectivity index (χ3n) is 5.28. The average molecular weight is 457 g/mol. The Kier molecular flexibility index (Phi) is 7.83. The molecule has 0 radical (unpaired) electrons. The molecule has 6 heteroatoms. The van der Waals surface area contributed by atoms with Gasteiger partial charge in [-0.1, -0.05) is 41.4 Å². The maximum atomic E-state index is 11.8. The van der Waals surface area contributed by atoms with Crippen LogP contribution in [-0.2, 0) is 12.8 Å². The molecule has 0 bridgehead atoms. The number of carboxylic acid groups (broad SMARTS) is 1. The summed E-state index contributed by atoms with van der Waals surface area (Å²) in [5, 5.41) is 14.0. The number of anilines is 3. The van der Waals surface area contributed by atoms with E-state index in [9.17, 15) is 9.90 Å². The molecule has 0 amide bonds. The summed E-state index contributed by atoms with van der Waals surface area (Å²) in [6, 6.07) is 19.2. The highest BCUT2D eigenvalue weighted by Gasteiger charge is 2.13. The molecular formula is C25H26Cl2N2O2. The summed E-state index contributed by atoms with van der Waals surface area (Å²) in [5.74, 6) is -0.949. The van der Waals surface area contributed by atoms with E-state index in [-0.39, 0.29) is 5.56 Å². The molecule has 0 aliphatic rings. The maximum absolute atomic E-state index is 11.8. The molecule has 0 saturated carbocycles. The lowest BCUT2D eigenvalue weighted by molar-refractivity contribution is 0.0698. The minimum Gasteiger partial charge on any atom is -0.478 e. The van der Waals surface area contributed by atoms with Crippen LogP contribution in [0.4, 0.5) is 17.1 Å². The first-order valence-corrected chi connectivity index (χ1v) is 11.1. The van der Waals surface area contributed by atoms with Gasteiger partial charge in [0.1, 0.15) is 0 Å². The Bertz CT molecular complexity index is 1050. The fraction of sp³-hybridized carbons (Fsp3) is 0.240. The summed E-state index contributed by atoms with van der Waals surface area (Å²) >= 11 is 12.1. The monoisotopic (exact) mass is 456 g/mol. The topological polar surface area (TPSA) is 52.6 Å². The van der Waals surface area contributed by atoms with E-state index in [0.29, 0.717) is 15.7 Å². The standard InChI is InChI=1S/C25H26Cl2N2O2/c1-3-29(4-2)20-12-14-24(21(16-20)25(30)31)28-19-10-7-17(8-11-19)5-6-18-9-13-22(26)23(27)15-18/h7-16,28H,3-6H2,1-2H3,(H,30,31). The van der Waals surface area contributed by atoms with Crippen molar-refractivity contribution in [1.29, 1.82) is 0 Å². The van der Waals surface area contributed by atoms with E-state index in [0.717, 1.165) is 42.9 Å². The van der Waals surface area contributed by atoms with Gasteiger partial charge in [0.15, 0.2) is 0 Å². The van der Waals surface area contributed by atoms with Crippen molar-refractivity contribution >= 4 is 46.2 Å². The first-order chi connectivity index (χ1) is 14.9. The Morgan fingerprint density at radius 1 is 0.871 bits per heavy atom. The van der Waals surface area contributed by atoms with Gasteiger partial charge in [-0.05, 0) is 80.3 Å². The van der Waals surface area contributed by atoms with E-state index in [1.807, 2.05) is 54.6 Å². The van der Waals surface area contributed by atoms with Crippen molar-refractivity contribution in [3.05, 3.63) is 87.4 Å². The number of nitrogens with one attached hydrogen (secondary N) is 1. The SMILES string of the molecule is CCN(CC)c1ccc(Nc2ccc(CCc3ccc(Cl)c(Cl)c3)cc2)c(C(=O)O)c1. The van der Waals surface area contributed by atoms with E-state index in [2.05, 4.69) is 24.1 Å². The number of hydrogen-bond acceptors (Lipinski definition) is 3. The maximum Gasteiger partial charge on any atom is 0.337 e. The van der Waals surface area contributed by atoms with E-state index in [1.165, 1.54) is 5.56 Å². The van der Waals surface area contributed by atoms with E-state index >= 15 is 0 Å². The van der Waals surface area contributed by atoms with Crippen LogP contribution in [0.25, 0.3) is 0 Å². The number of carbonyl (C=O) groups is 1. The molecule has 4 nitrogen and oxygen atoms in total. The van der Waals surface area contributed by atoms with Crippen LogP contribution in [0.1, 0.15) is 35.3 Å². The fourth-order valence-electron chi connectivity index (χ4n) is 3.50. The zero-order valence-electron chi connectivity index (χ0n) is 17.7. The van der Waals surface area contributed by atoms with Crippen molar-refractivity contribution in [3.63, 3.8) is 0 Å². The number of halogens is 2. The van der Waals surface area contributed by atoms with Crippen molar-refractivity contribution in [3.8, 4) is 0 Å².